The van der Waals surface area contributed by atoms with Gasteiger partial charge in [0.15, 0.2) is 0 Å². The van der Waals surface area contributed by atoms with Gasteiger partial charge in [0.1, 0.15) is 0 Å². The molecule has 0 bridgehead atoms. The Morgan fingerprint density at radius 2 is 2.04 bits per heavy atom. The van der Waals surface area contributed by atoms with Crippen LogP contribution in [0.5, 0.6) is 0 Å². The molecule has 1 amide bonds. The highest BCUT2D eigenvalue weighted by Gasteiger charge is 2.20. The maximum absolute atomic E-state index is 12.1. The molecular weight excluding hydrogens is 336 g/mol. The Balaban J connectivity index is 2.79. The van der Waals surface area contributed by atoms with E-state index in [4.69, 9.17) is 11.6 Å². The summed E-state index contributed by atoms with van der Waals surface area (Å²) in [6, 6.07) is 5.30. The van der Waals surface area contributed by atoms with Crippen molar-refractivity contribution >= 4 is 33.2 Å². The van der Waals surface area contributed by atoms with Gasteiger partial charge in [-0.3, -0.25) is 9.10 Å². The van der Waals surface area contributed by atoms with Crippen molar-refractivity contribution in [3.8, 4) is 0 Å². The van der Waals surface area contributed by atoms with E-state index in [0.29, 0.717) is 22.7 Å². The van der Waals surface area contributed by atoms with E-state index in [1.54, 1.807) is 25.1 Å². The average Bonchev–Trinajstić information content (AvgIpc) is 2.45. The quantitative estimate of drug-likeness (QED) is 0.774. The molecule has 0 fully saturated rings. The summed E-state index contributed by atoms with van der Waals surface area (Å²) < 4.78 is 25.5. The number of benzene rings is 1. The van der Waals surface area contributed by atoms with E-state index in [9.17, 15) is 13.2 Å². The number of halogens is 1. The summed E-state index contributed by atoms with van der Waals surface area (Å²) in [5.74, 6) is -0.0596. The van der Waals surface area contributed by atoms with Crippen LogP contribution in [0.25, 0.3) is 0 Å². The Kier molecular flexibility index (Phi) is 7.35. The normalized spacial score (nSPS) is 12.7. The topological polar surface area (TPSA) is 66.5 Å². The summed E-state index contributed by atoms with van der Waals surface area (Å²) in [7, 11) is -3.44. The van der Waals surface area contributed by atoms with E-state index in [0.717, 1.165) is 12.7 Å². The van der Waals surface area contributed by atoms with Crippen molar-refractivity contribution in [1.29, 1.82) is 0 Å². The van der Waals surface area contributed by atoms with Crippen molar-refractivity contribution in [2.24, 2.45) is 0 Å². The Bertz CT molecular complexity index is 647. The Morgan fingerprint density at radius 3 is 2.61 bits per heavy atom. The van der Waals surface area contributed by atoms with Crippen LogP contribution in [-0.2, 0) is 14.8 Å². The predicted molar refractivity (Wildman–Crippen MR) is 95.5 cm³/mol. The molecule has 0 aliphatic rings. The average molecular weight is 361 g/mol. The highest BCUT2D eigenvalue weighted by atomic mass is 35.5. The van der Waals surface area contributed by atoms with Crippen molar-refractivity contribution in [1.82, 2.24) is 5.32 Å². The number of rotatable bonds is 8. The second-order valence-corrected chi connectivity index (χ2v) is 8.01. The van der Waals surface area contributed by atoms with Gasteiger partial charge in [0.25, 0.3) is 0 Å². The number of hydrogen-bond acceptors (Lipinski definition) is 3. The summed E-state index contributed by atoms with van der Waals surface area (Å²) in [6.07, 6.45) is 2.76. The molecule has 0 heterocycles. The molecule has 0 saturated heterocycles. The molecule has 0 aromatic heterocycles. The zero-order valence-corrected chi connectivity index (χ0v) is 15.7. The molecule has 1 N–H and O–H groups in total. The minimum absolute atomic E-state index is 0.0596. The van der Waals surface area contributed by atoms with E-state index in [1.807, 2.05) is 13.8 Å². The van der Waals surface area contributed by atoms with Crippen LogP contribution in [0.3, 0.4) is 0 Å². The Labute approximate surface area is 144 Å². The van der Waals surface area contributed by atoms with Crippen LogP contribution in [0, 0.1) is 6.92 Å². The largest absolute Gasteiger partial charge is 0.354 e. The van der Waals surface area contributed by atoms with Gasteiger partial charge in [-0.2, -0.15) is 0 Å². The predicted octanol–water partition coefficient (Wildman–Crippen LogP) is 3.11. The molecule has 0 aliphatic carbocycles. The van der Waals surface area contributed by atoms with Gasteiger partial charge in [0, 0.05) is 24.0 Å². The minimum Gasteiger partial charge on any atom is -0.354 e. The third kappa shape index (κ3) is 6.03. The van der Waals surface area contributed by atoms with Crippen molar-refractivity contribution in [3.05, 3.63) is 28.8 Å². The van der Waals surface area contributed by atoms with Gasteiger partial charge in [-0.1, -0.05) is 24.6 Å². The molecule has 0 spiro atoms. The Hall–Kier alpha value is -1.27. The van der Waals surface area contributed by atoms with Crippen LogP contribution in [0.4, 0.5) is 5.69 Å². The lowest BCUT2D eigenvalue weighted by molar-refractivity contribution is -0.121. The highest BCUT2D eigenvalue weighted by molar-refractivity contribution is 7.92. The SMILES string of the molecule is CC[C@@H](C)NC(=O)CCCN(c1cccc(Cl)c1C)S(C)(=O)=O. The fourth-order valence-electron chi connectivity index (χ4n) is 2.16. The molecule has 1 atom stereocenters. The summed E-state index contributed by atoms with van der Waals surface area (Å²) in [5.41, 5.74) is 1.27. The summed E-state index contributed by atoms with van der Waals surface area (Å²) in [5, 5.41) is 3.39. The fourth-order valence-corrected chi connectivity index (χ4v) is 3.35. The first kappa shape index (κ1) is 19.8. The molecule has 0 unspecified atom stereocenters. The van der Waals surface area contributed by atoms with Crippen molar-refractivity contribution in [2.45, 2.75) is 46.1 Å². The lowest BCUT2D eigenvalue weighted by Gasteiger charge is -2.24. The van der Waals surface area contributed by atoms with E-state index >= 15 is 0 Å². The number of carbonyl (C=O) groups is 1. The standard InChI is InChI=1S/C16H25ClN2O3S/c1-5-12(2)18-16(20)10-7-11-19(23(4,21)22)15-9-6-8-14(17)13(15)3/h6,8-9,12H,5,7,10-11H2,1-4H3,(H,18,20)/t12-/m1/s1. The number of hydrogen-bond donors (Lipinski definition) is 1. The van der Waals surface area contributed by atoms with E-state index < -0.39 is 10.0 Å². The number of carbonyl (C=O) groups excluding carboxylic acids is 1. The smallest absolute Gasteiger partial charge is 0.232 e. The number of nitrogens with one attached hydrogen (secondary N) is 1. The van der Waals surface area contributed by atoms with Crippen LogP contribution < -0.4 is 9.62 Å². The van der Waals surface area contributed by atoms with Gasteiger partial charge < -0.3 is 5.32 Å². The first-order chi connectivity index (χ1) is 10.7. The molecule has 0 saturated carbocycles. The third-order valence-electron chi connectivity index (χ3n) is 3.69. The molecule has 0 radical (unpaired) electrons. The third-order valence-corrected chi connectivity index (χ3v) is 5.28. The summed E-state index contributed by atoms with van der Waals surface area (Å²) >= 11 is 6.08. The second-order valence-electron chi connectivity index (χ2n) is 5.70. The first-order valence-corrected chi connectivity index (χ1v) is 9.91. The minimum atomic E-state index is -3.44. The number of nitrogens with zero attached hydrogens (tertiary/aromatic N) is 1. The zero-order valence-electron chi connectivity index (χ0n) is 14.1. The summed E-state index contributed by atoms with van der Waals surface area (Å²) in [6.45, 7) is 5.97. The number of anilines is 1. The molecule has 23 heavy (non-hydrogen) atoms. The second kappa shape index (κ2) is 8.55. The maximum atomic E-state index is 12.1. The molecule has 1 rings (SSSR count). The highest BCUT2D eigenvalue weighted by Crippen LogP contribution is 2.28. The van der Waals surface area contributed by atoms with Crippen LogP contribution in [0.2, 0.25) is 5.02 Å². The lowest BCUT2D eigenvalue weighted by atomic mass is 10.2. The van der Waals surface area contributed by atoms with Gasteiger partial charge in [0.2, 0.25) is 15.9 Å². The van der Waals surface area contributed by atoms with Crippen molar-refractivity contribution in [2.75, 3.05) is 17.1 Å². The van der Waals surface area contributed by atoms with Crippen LogP contribution in [-0.4, -0.2) is 33.2 Å². The molecule has 130 valence electrons. The zero-order chi connectivity index (χ0) is 17.6. The number of sulfonamides is 1. The molecule has 1 aromatic carbocycles. The first-order valence-electron chi connectivity index (χ1n) is 7.69. The van der Waals surface area contributed by atoms with Gasteiger partial charge in [0.05, 0.1) is 11.9 Å². The number of amides is 1. The molecule has 5 nitrogen and oxygen atoms in total. The summed E-state index contributed by atoms with van der Waals surface area (Å²) in [4.78, 5) is 11.8. The van der Waals surface area contributed by atoms with Gasteiger partial charge in [-0.15, -0.1) is 0 Å². The lowest BCUT2D eigenvalue weighted by Crippen LogP contribution is -2.34. The monoisotopic (exact) mass is 360 g/mol. The molecule has 0 aliphatic heterocycles. The van der Waals surface area contributed by atoms with Gasteiger partial charge in [-0.05, 0) is 44.4 Å². The van der Waals surface area contributed by atoms with Crippen molar-refractivity contribution in [3.63, 3.8) is 0 Å². The van der Waals surface area contributed by atoms with Crippen LogP contribution in [0.1, 0.15) is 38.7 Å². The fraction of sp³-hybridized carbons (Fsp3) is 0.562. The van der Waals surface area contributed by atoms with E-state index in [1.165, 1.54) is 4.31 Å². The van der Waals surface area contributed by atoms with E-state index in [2.05, 4.69) is 5.32 Å². The molecule has 7 heteroatoms. The van der Waals surface area contributed by atoms with Gasteiger partial charge >= 0.3 is 0 Å². The Morgan fingerprint density at radius 1 is 1.39 bits per heavy atom. The van der Waals surface area contributed by atoms with Crippen LogP contribution in [0.15, 0.2) is 18.2 Å². The van der Waals surface area contributed by atoms with Gasteiger partial charge in [-0.25, -0.2) is 8.42 Å². The molecule has 1 aromatic rings. The van der Waals surface area contributed by atoms with E-state index in [-0.39, 0.29) is 24.9 Å². The van der Waals surface area contributed by atoms with Crippen molar-refractivity contribution < 1.29 is 13.2 Å². The van der Waals surface area contributed by atoms with Crippen LogP contribution >= 0.6 is 11.6 Å². The molecular formula is C16H25ClN2O3S. The maximum Gasteiger partial charge on any atom is 0.232 e.